The zero-order valence-electron chi connectivity index (χ0n) is 12.1. The predicted octanol–water partition coefficient (Wildman–Crippen LogP) is 3.33. The topological polar surface area (TPSA) is 6.48 Å². The van der Waals surface area contributed by atoms with E-state index in [9.17, 15) is 8.78 Å². The van der Waals surface area contributed by atoms with E-state index in [1.54, 1.807) is 6.92 Å². The van der Waals surface area contributed by atoms with E-state index in [1.807, 2.05) is 4.90 Å². The zero-order chi connectivity index (χ0) is 14.6. The molecule has 1 fully saturated rings. The number of rotatable bonds is 4. The van der Waals surface area contributed by atoms with Crippen LogP contribution >= 0.6 is 0 Å². The molecule has 2 rings (SSSR count). The minimum absolute atomic E-state index is 0.181. The van der Waals surface area contributed by atoms with Crippen molar-refractivity contribution in [3.8, 4) is 0 Å². The Hall–Kier alpha value is -1.42. The number of aryl methyl sites for hydroxylation is 1. The molecule has 110 valence electrons. The van der Waals surface area contributed by atoms with Gasteiger partial charge in [-0.15, -0.1) is 0 Å². The SMILES string of the molecule is C/C=C/C(F)(F)CN1CCN(c2ccc(C)cc2)CC1. The van der Waals surface area contributed by atoms with Crippen LogP contribution in [-0.4, -0.2) is 43.5 Å². The van der Waals surface area contributed by atoms with E-state index in [0.717, 1.165) is 19.2 Å². The molecule has 4 heteroatoms. The van der Waals surface area contributed by atoms with Crippen LogP contribution in [0.4, 0.5) is 14.5 Å². The van der Waals surface area contributed by atoms with Gasteiger partial charge in [0.1, 0.15) is 0 Å². The molecule has 2 nitrogen and oxygen atoms in total. The number of allylic oxidation sites excluding steroid dienone is 1. The third-order valence-electron chi connectivity index (χ3n) is 3.62. The van der Waals surface area contributed by atoms with Gasteiger partial charge in [-0.05, 0) is 32.1 Å². The molecule has 20 heavy (non-hydrogen) atoms. The Morgan fingerprint density at radius 3 is 2.25 bits per heavy atom. The summed E-state index contributed by atoms with van der Waals surface area (Å²) in [6, 6.07) is 8.36. The number of halogens is 2. The standard InChI is InChI=1S/C16H22F2N2/c1-3-8-16(17,18)13-19-9-11-20(12-10-19)15-6-4-14(2)5-7-15/h3-8H,9-13H2,1-2H3/b8-3+. The highest BCUT2D eigenvalue weighted by molar-refractivity contribution is 5.47. The fraction of sp³-hybridized carbons (Fsp3) is 0.500. The maximum atomic E-state index is 13.5. The summed E-state index contributed by atoms with van der Waals surface area (Å²) in [7, 11) is 0. The number of alkyl halides is 2. The van der Waals surface area contributed by atoms with E-state index in [-0.39, 0.29) is 6.54 Å². The van der Waals surface area contributed by atoms with Gasteiger partial charge in [0.25, 0.3) is 5.92 Å². The molecule has 0 saturated carbocycles. The van der Waals surface area contributed by atoms with Crippen LogP contribution in [0.15, 0.2) is 36.4 Å². The highest BCUT2D eigenvalue weighted by Gasteiger charge is 2.29. The lowest BCUT2D eigenvalue weighted by atomic mass is 10.2. The number of hydrogen-bond donors (Lipinski definition) is 0. The van der Waals surface area contributed by atoms with Crippen molar-refractivity contribution in [2.24, 2.45) is 0 Å². The van der Waals surface area contributed by atoms with Crippen molar-refractivity contribution < 1.29 is 8.78 Å². The Morgan fingerprint density at radius 1 is 1.10 bits per heavy atom. The molecule has 0 spiro atoms. The fourth-order valence-electron chi connectivity index (χ4n) is 2.51. The average molecular weight is 280 g/mol. The van der Waals surface area contributed by atoms with E-state index < -0.39 is 5.92 Å². The lowest BCUT2D eigenvalue weighted by Gasteiger charge is -2.37. The largest absolute Gasteiger partial charge is 0.369 e. The highest BCUT2D eigenvalue weighted by Crippen LogP contribution is 2.21. The third kappa shape index (κ3) is 4.04. The van der Waals surface area contributed by atoms with Crippen molar-refractivity contribution in [3.63, 3.8) is 0 Å². The third-order valence-corrected chi connectivity index (χ3v) is 3.62. The second-order valence-electron chi connectivity index (χ2n) is 5.36. The van der Waals surface area contributed by atoms with E-state index in [2.05, 4.69) is 36.1 Å². The molecule has 1 aromatic rings. The van der Waals surface area contributed by atoms with E-state index in [0.29, 0.717) is 13.1 Å². The number of benzene rings is 1. The maximum absolute atomic E-state index is 13.5. The van der Waals surface area contributed by atoms with Gasteiger partial charge in [0.15, 0.2) is 0 Å². The first-order valence-electron chi connectivity index (χ1n) is 7.06. The second-order valence-corrected chi connectivity index (χ2v) is 5.36. The first-order valence-corrected chi connectivity index (χ1v) is 7.06. The van der Waals surface area contributed by atoms with Crippen molar-refractivity contribution in [3.05, 3.63) is 42.0 Å². The molecule has 0 bridgehead atoms. The van der Waals surface area contributed by atoms with E-state index in [1.165, 1.54) is 17.3 Å². The average Bonchev–Trinajstić information content (AvgIpc) is 2.40. The Balaban J connectivity index is 1.88. The molecule has 1 aliphatic heterocycles. The van der Waals surface area contributed by atoms with Gasteiger partial charge in [-0.1, -0.05) is 23.8 Å². The molecule has 1 saturated heterocycles. The Bertz CT molecular complexity index is 446. The predicted molar refractivity (Wildman–Crippen MR) is 79.6 cm³/mol. The molecule has 0 aromatic heterocycles. The summed E-state index contributed by atoms with van der Waals surface area (Å²) in [5.41, 5.74) is 2.41. The molecular formula is C16H22F2N2. The molecule has 1 aromatic carbocycles. The normalized spacial score (nSPS) is 17.9. The van der Waals surface area contributed by atoms with Crippen LogP contribution in [0, 0.1) is 6.92 Å². The summed E-state index contributed by atoms with van der Waals surface area (Å²) in [4.78, 5) is 4.09. The highest BCUT2D eigenvalue weighted by atomic mass is 19.3. The van der Waals surface area contributed by atoms with Crippen molar-refractivity contribution in [2.75, 3.05) is 37.6 Å². The van der Waals surface area contributed by atoms with Gasteiger partial charge in [0.2, 0.25) is 0 Å². The molecule has 0 atom stereocenters. The first-order chi connectivity index (χ1) is 9.50. The van der Waals surface area contributed by atoms with Gasteiger partial charge in [0, 0.05) is 31.9 Å². The lowest BCUT2D eigenvalue weighted by Crippen LogP contribution is -2.49. The number of piperazine rings is 1. The van der Waals surface area contributed by atoms with Gasteiger partial charge in [-0.3, -0.25) is 4.90 Å². The molecule has 1 heterocycles. The number of hydrogen-bond acceptors (Lipinski definition) is 2. The number of anilines is 1. The second kappa shape index (κ2) is 6.35. The summed E-state index contributed by atoms with van der Waals surface area (Å²) in [6.07, 6.45) is 2.40. The Morgan fingerprint density at radius 2 is 1.70 bits per heavy atom. The van der Waals surface area contributed by atoms with Crippen LogP contribution < -0.4 is 4.90 Å². The molecule has 0 radical (unpaired) electrons. The maximum Gasteiger partial charge on any atom is 0.278 e. The van der Waals surface area contributed by atoms with Crippen molar-refractivity contribution in [1.82, 2.24) is 4.90 Å². The van der Waals surface area contributed by atoms with Gasteiger partial charge in [0.05, 0.1) is 6.54 Å². The molecule has 1 aliphatic rings. The Labute approximate surface area is 119 Å². The minimum atomic E-state index is -2.72. The molecule has 0 unspecified atom stereocenters. The first kappa shape index (κ1) is 15.0. The molecule has 0 N–H and O–H groups in total. The summed E-state index contributed by atoms with van der Waals surface area (Å²) in [5, 5.41) is 0. The smallest absolute Gasteiger partial charge is 0.278 e. The fourth-order valence-corrected chi connectivity index (χ4v) is 2.51. The van der Waals surface area contributed by atoms with Crippen molar-refractivity contribution in [1.29, 1.82) is 0 Å². The molecule has 0 amide bonds. The molecular weight excluding hydrogens is 258 g/mol. The quantitative estimate of drug-likeness (QED) is 0.781. The summed E-state index contributed by atoms with van der Waals surface area (Å²) >= 11 is 0. The van der Waals surface area contributed by atoms with Crippen LogP contribution in [0.2, 0.25) is 0 Å². The van der Waals surface area contributed by atoms with Crippen molar-refractivity contribution >= 4 is 5.69 Å². The summed E-state index contributed by atoms with van der Waals surface area (Å²) in [6.45, 7) is 6.47. The molecule has 0 aliphatic carbocycles. The minimum Gasteiger partial charge on any atom is -0.369 e. The Kier molecular flexibility index (Phi) is 4.76. The van der Waals surface area contributed by atoms with Crippen LogP contribution in [0.25, 0.3) is 0 Å². The van der Waals surface area contributed by atoms with Crippen LogP contribution in [-0.2, 0) is 0 Å². The summed E-state index contributed by atoms with van der Waals surface area (Å²) in [5.74, 6) is -2.72. The van der Waals surface area contributed by atoms with Gasteiger partial charge in [-0.2, -0.15) is 0 Å². The summed E-state index contributed by atoms with van der Waals surface area (Å²) < 4.78 is 27.1. The van der Waals surface area contributed by atoms with Gasteiger partial charge in [-0.25, -0.2) is 8.78 Å². The van der Waals surface area contributed by atoms with Crippen LogP contribution in [0.3, 0.4) is 0 Å². The van der Waals surface area contributed by atoms with Gasteiger partial charge < -0.3 is 4.90 Å². The van der Waals surface area contributed by atoms with Crippen molar-refractivity contribution in [2.45, 2.75) is 19.8 Å². The van der Waals surface area contributed by atoms with Crippen LogP contribution in [0.1, 0.15) is 12.5 Å². The van der Waals surface area contributed by atoms with Crippen LogP contribution in [0.5, 0.6) is 0 Å². The monoisotopic (exact) mass is 280 g/mol. The number of nitrogens with zero attached hydrogens (tertiary/aromatic N) is 2. The van der Waals surface area contributed by atoms with Gasteiger partial charge >= 0.3 is 0 Å². The lowest BCUT2D eigenvalue weighted by molar-refractivity contribution is 0.0119. The van der Waals surface area contributed by atoms with E-state index >= 15 is 0 Å². The van der Waals surface area contributed by atoms with E-state index in [4.69, 9.17) is 0 Å². The zero-order valence-corrected chi connectivity index (χ0v) is 12.1.